The Morgan fingerprint density at radius 2 is 1.07 bits per heavy atom. The van der Waals surface area contributed by atoms with Gasteiger partial charge in [0.1, 0.15) is 11.6 Å². The molecule has 0 spiro atoms. The highest BCUT2D eigenvalue weighted by Crippen LogP contribution is 2.53. The number of ether oxygens (including phenoxy) is 4. The second kappa shape index (κ2) is 17.5. The number of fused-ring (bicyclic) bond motifs is 4. The first-order valence-electron chi connectivity index (χ1n) is 23.4. The quantitative estimate of drug-likeness (QED) is 0.0647. The van der Waals surface area contributed by atoms with Crippen molar-refractivity contribution in [3.8, 4) is 23.0 Å². The van der Waals surface area contributed by atoms with E-state index in [1.165, 1.54) is 18.3 Å². The number of nitrogens with zero attached hydrogens (tertiary/aromatic N) is 5. The summed E-state index contributed by atoms with van der Waals surface area (Å²) >= 11 is 0. The molecule has 1 amide bonds. The molecule has 1 N–H and O–H groups in total. The number of azide groups is 1. The van der Waals surface area contributed by atoms with Crippen molar-refractivity contribution >= 4 is 39.3 Å². The number of Topliss-reactive ketones (excluding diaryl/α,β-unsaturated/α-hetero) is 2. The van der Waals surface area contributed by atoms with E-state index in [-0.39, 0.29) is 41.9 Å². The average Bonchev–Trinajstić information content (AvgIpc) is 4.04. The molecule has 4 aromatic carbocycles. The number of nitrogens with one attached hydrogen (secondary N) is 1. The van der Waals surface area contributed by atoms with Crippen molar-refractivity contribution in [2.75, 3.05) is 26.7 Å². The summed E-state index contributed by atoms with van der Waals surface area (Å²) in [6, 6.07) is 28.8. The summed E-state index contributed by atoms with van der Waals surface area (Å²) in [5.74, 6) is 3.43. The van der Waals surface area contributed by atoms with Crippen LogP contribution in [0.25, 0.3) is 32.2 Å². The summed E-state index contributed by atoms with van der Waals surface area (Å²) < 4.78 is 26.4. The fraction of sp³-hybridized carbons (Fsp3) is 0.426. The van der Waals surface area contributed by atoms with E-state index in [0.29, 0.717) is 39.0 Å². The number of rotatable bonds is 14. The van der Waals surface area contributed by atoms with Gasteiger partial charge >= 0.3 is 0 Å². The molecule has 4 heterocycles. The van der Waals surface area contributed by atoms with Gasteiger partial charge in [0, 0.05) is 94.9 Å². The van der Waals surface area contributed by atoms with Crippen LogP contribution in [0.3, 0.4) is 0 Å². The lowest BCUT2D eigenvalue weighted by Crippen LogP contribution is -2.26. The predicted octanol–water partition coefficient (Wildman–Crippen LogP) is 10.5. The highest BCUT2D eigenvalue weighted by atomic mass is 16.7. The largest absolute Gasteiger partial charge is 0.454 e. The van der Waals surface area contributed by atoms with Gasteiger partial charge in [-0.2, -0.15) is 0 Å². The van der Waals surface area contributed by atoms with Crippen molar-refractivity contribution in [3.05, 3.63) is 129 Å². The van der Waals surface area contributed by atoms with E-state index >= 15 is 0 Å². The van der Waals surface area contributed by atoms with Crippen LogP contribution >= 0.6 is 0 Å². The Morgan fingerprint density at radius 1 is 0.627 bits per heavy atom. The van der Waals surface area contributed by atoms with Gasteiger partial charge in [0.2, 0.25) is 19.5 Å². The molecule has 0 unspecified atom stereocenters. The number of amides is 1. The van der Waals surface area contributed by atoms with Crippen LogP contribution in [0.2, 0.25) is 0 Å². The molecule has 0 saturated heterocycles. The maximum Gasteiger partial charge on any atom is 0.231 e. The SMILES string of the molecule is CC(=O)NCCn1c(C(C)(C)C)cc2cc(CC(=O)C3(c4ccc5c(c4)OCO5)CC3)ccc21.CC(C)(C)c1cc2cc(CC(=O)C3(c4ccc5c(c4)OCO5)CC3)ccc2n1CCN=[N+]=[N-]. The summed E-state index contributed by atoms with van der Waals surface area (Å²) in [6.45, 7) is 17.5. The van der Waals surface area contributed by atoms with Crippen molar-refractivity contribution in [2.45, 2.75) is 122 Å². The molecule has 0 radical (unpaired) electrons. The molecule has 10 rings (SSSR count). The molecule has 2 aliphatic heterocycles. The maximum absolute atomic E-state index is 13.5. The van der Waals surface area contributed by atoms with E-state index in [9.17, 15) is 14.4 Å². The third kappa shape index (κ3) is 9.09. The molecule has 13 nitrogen and oxygen atoms in total. The molecular weight excluding hydrogens is 845 g/mol. The van der Waals surface area contributed by atoms with Crippen molar-refractivity contribution < 1.29 is 33.3 Å². The Balaban J connectivity index is 0.000000168. The molecule has 4 aliphatic rings. The zero-order valence-electron chi connectivity index (χ0n) is 39.7. The highest BCUT2D eigenvalue weighted by molar-refractivity contribution is 5.96. The number of benzene rings is 4. The number of hydrogen-bond donors (Lipinski definition) is 1. The topological polar surface area (TPSA) is 159 Å². The monoisotopic (exact) mass is 904 g/mol. The van der Waals surface area contributed by atoms with Gasteiger partial charge in [0.25, 0.3) is 0 Å². The van der Waals surface area contributed by atoms with E-state index in [1.807, 2.05) is 42.5 Å². The second-order valence-corrected chi connectivity index (χ2v) is 20.6. The summed E-state index contributed by atoms with van der Waals surface area (Å²) in [5, 5.41) is 8.86. The van der Waals surface area contributed by atoms with Crippen LogP contribution in [0, 0.1) is 0 Å². The Hall–Kier alpha value is -6.72. The van der Waals surface area contributed by atoms with Crippen molar-refractivity contribution in [2.24, 2.45) is 5.11 Å². The van der Waals surface area contributed by atoms with Gasteiger partial charge in [0.15, 0.2) is 23.0 Å². The van der Waals surface area contributed by atoms with Crippen LogP contribution in [-0.4, -0.2) is 53.3 Å². The van der Waals surface area contributed by atoms with Crippen LogP contribution in [0.1, 0.15) is 108 Å². The molecule has 2 saturated carbocycles. The fourth-order valence-electron chi connectivity index (χ4n) is 9.92. The number of hydrogen-bond acceptors (Lipinski definition) is 8. The molecular formula is C54H60N6O7. The third-order valence-electron chi connectivity index (χ3n) is 13.8. The second-order valence-electron chi connectivity index (χ2n) is 20.6. The zero-order chi connectivity index (χ0) is 47.3. The van der Waals surface area contributed by atoms with Crippen molar-refractivity contribution in [1.82, 2.24) is 14.5 Å². The Morgan fingerprint density at radius 3 is 1.49 bits per heavy atom. The van der Waals surface area contributed by atoms with Crippen molar-refractivity contribution in [3.63, 3.8) is 0 Å². The Bertz CT molecular complexity index is 2970. The van der Waals surface area contributed by atoms with Gasteiger partial charge in [0.05, 0.1) is 10.8 Å². The summed E-state index contributed by atoms with van der Waals surface area (Å²) in [6.07, 6.45) is 4.31. The van der Waals surface area contributed by atoms with Crippen LogP contribution in [0.15, 0.2) is 90.0 Å². The van der Waals surface area contributed by atoms with Gasteiger partial charge < -0.3 is 33.4 Å². The minimum absolute atomic E-state index is 0.0222. The van der Waals surface area contributed by atoms with Gasteiger partial charge in [-0.1, -0.05) is 70.9 Å². The smallest absolute Gasteiger partial charge is 0.231 e. The van der Waals surface area contributed by atoms with Crippen LogP contribution in [-0.2, 0) is 62.0 Å². The van der Waals surface area contributed by atoms with Crippen LogP contribution < -0.4 is 24.3 Å². The van der Waals surface area contributed by atoms with Gasteiger partial charge in [-0.3, -0.25) is 14.4 Å². The average molecular weight is 905 g/mol. The summed E-state index contributed by atoms with van der Waals surface area (Å²) in [4.78, 5) is 41.1. The summed E-state index contributed by atoms with van der Waals surface area (Å²) in [5.41, 5.74) is 16.5. The molecule has 0 bridgehead atoms. The number of ketones is 2. The number of carbonyl (C=O) groups is 3. The molecule has 2 aromatic heterocycles. The molecule has 0 atom stereocenters. The molecule has 2 fully saturated rings. The van der Waals surface area contributed by atoms with E-state index in [4.69, 9.17) is 24.5 Å². The number of carbonyl (C=O) groups excluding carboxylic acids is 3. The number of aromatic nitrogens is 2. The van der Waals surface area contributed by atoms with E-state index in [2.05, 4.69) is 108 Å². The molecule has 2 aliphatic carbocycles. The van der Waals surface area contributed by atoms with E-state index in [0.717, 1.165) is 92.7 Å². The maximum atomic E-state index is 13.5. The fourth-order valence-corrected chi connectivity index (χ4v) is 9.92. The molecule has 13 heteroatoms. The Labute approximate surface area is 391 Å². The van der Waals surface area contributed by atoms with Crippen LogP contribution in [0.4, 0.5) is 0 Å². The Kier molecular flexibility index (Phi) is 11.9. The highest BCUT2D eigenvalue weighted by Gasteiger charge is 2.52. The minimum Gasteiger partial charge on any atom is -0.454 e. The lowest BCUT2D eigenvalue weighted by molar-refractivity contribution is -0.121. The lowest BCUT2D eigenvalue weighted by Gasteiger charge is -2.22. The van der Waals surface area contributed by atoms with E-state index < -0.39 is 10.8 Å². The van der Waals surface area contributed by atoms with Gasteiger partial charge in [-0.05, 0) is 114 Å². The third-order valence-corrected chi connectivity index (χ3v) is 13.8. The normalized spacial score (nSPS) is 16.0. The molecule has 348 valence electrons. The minimum atomic E-state index is -0.409. The van der Waals surface area contributed by atoms with E-state index in [1.54, 1.807) is 0 Å². The van der Waals surface area contributed by atoms with Gasteiger partial charge in [-0.15, -0.1) is 0 Å². The first kappa shape index (κ1) is 45.4. The van der Waals surface area contributed by atoms with Crippen LogP contribution in [0.5, 0.6) is 23.0 Å². The lowest BCUT2D eigenvalue weighted by atomic mass is 9.87. The predicted molar refractivity (Wildman–Crippen MR) is 258 cm³/mol. The zero-order valence-corrected chi connectivity index (χ0v) is 39.7. The van der Waals surface area contributed by atoms with Crippen molar-refractivity contribution in [1.29, 1.82) is 0 Å². The summed E-state index contributed by atoms with van der Waals surface area (Å²) in [7, 11) is 0. The van der Waals surface area contributed by atoms with Gasteiger partial charge in [-0.25, -0.2) is 0 Å². The standard InChI is InChI=1S/C28H32N2O4.C26H28N4O3/c1-18(31)29-11-12-30-22-7-5-19(13-20(22)15-25(30)27(2,3)4)14-26(32)28(9-10-28)21-6-8-23-24(16-21)34-17-33-23;1-25(2,3)23-14-18-12-17(4-6-20(18)30(23)11-10-28-29-27)13-24(31)26(8-9-26)19-5-7-21-22(15-19)33-16-32-21/h5-8,13,15-16H,9-12,14,17H2,1-4H3,(H,29,31);4-7,12,14-15H,8-11,13,16H2,1-3H3. The first-order valence-corrected chi connectivity index (χ1v) is 23.4. The molecule has 6 aromatic rings. The first-order chi connectivity index (χ1) is 32.0. The molecule has 67 heavy (non-hydrogen) atoms.